The summed E-state index contributed by atoms with van der Waals surface area (Å²) in [5.41, 5.74) is 0. The van der Waals surface area contributed by atoms with E-state index in [0.29, 0.717) is 0 Å². The van der Waals surface area contributed by atoms with Crippen molar-refractivity contribution < 1.29 is 23.1 Å². The first kappa shape index (κ1) is 14.3. The first-order chi connectivity index (χ1) is 6.78. The first-order valence-electron chi connectivity index (χ1n) is 4.51. The molecule has 6 nitrogen and oxygen atoms in total. The number of ether oxygens (including phenoxy) is 1. The Morgan fingerprint density at radius 2 is 2.00 bits per heavy atom. The highest BCUT2D eigenvalue weighted by molar-refractivity contribution is 7.89. The smallest absolute Gasteiger partial charge is 0.336 e. The van der Waals surface area contributed by atoms with E-state index in [9.17, 15) is 13.2 Å². The van der Waals surface area contributed by atoms with Crippen molar-refractivity contribution in [2.45, 2.75) is 20.0 Å². The zero-order chi connectivity index (χ0) is 12.1. The predicted molar refractivity (Wildman–Crippen MR) is 54.7 cm³/mol. The van der Waals surface area contributed by atoms with Gasteiger partial charge in [0.25, 0.3) is 0 Å². The number of hydrogen-bond donors (Lipinski definition) is 2. The van der Waals surface area contributed by atoms with Crippen LogP contribution in [0.4, 0.5) is 0 Å². The third-order valence-electron chi connectivity index (χ3n) is 1.52. The van der Waals surface area contributed by atoms with Gasteiger partial charge in [0, 0.05) is 6.54 Å². The Hall–Kier alpha value is -0.660. The average Bonchev–Trinajstić information content (AvgIpc) is 2.11. The maximum Gasteiger partial charge on any atom is 0.336 e. The normalized spacial score (nSPS) is 13.9. The lowest BCUT2D eigenvalue weighted by molar-refractivity contribution is -0.149. The van der Waals surface area contributed by atoms with Gasteiger partial charge in [-0.2, -0.15) is 0 Å². The number of nitrogens with one attached hydrogen (secondary N) is 1. The van der Waals surface area contributed by atoms with E-state index in [1.165, 1.54) is 0 Å². The molecule has 0 aromatic rings. The molecular weight excluding hydrogens is 222 g/mol. The van der Waals surface area contributed by atoms with Crippen molar-refractivity contribution in [1.29, 1.82) is 0 Å². The van der Waals surface area contributed by atoms with E-state index >= 15 is 0 Å². The molecule has 15 heavy (non-hydrogen) atoms. The van der Waals surface area contributed by atoms with Gasteiger partial charge in [0.15, 0.2) is 6.10 Å². The van der Waals surface area contributed by atoms with Crippen LogP contribution in [0.2, 0.25) is 0 Å². The number of carbonyl (C=O) groups excluding carboxylic acids is 1. The molecule has 0 amide bonds. The number of sulfonamides is 1. The second kappa shape index (κ2) is 6.04. The van der Waals surface area contributed by atoms with Gasteiger partial charge in [0.05, 0.1) is 12.9 Å². The molecule has 0 heterocycles. The lowest BCUT2D eigenvalue weighted by Gasteiger charge is -2.11. The predicted octanol–water partition coefficient (Wildman–Crippen LogP) is -0.904. The molecule has 0 rings (SSSR count). The average molecular weight is 239 g/mol. The van der Waals surface area contributed by atoms with Gasteiger partial charge in [0.1, 0.15) is 0 Å². The highest BCUT2D eigenvalue weighted by Gasteiger charge is 2.19. The molecule has 0 radical (unpaired) electrons. The van der Waals surface area contributed by atoms with Crippen LogP contribution < -0.4 is 4.72 Å². The van der Waals surface area contributed by atoms with Crippen LogP contribution in [-0.2, 0) is 19.6 Å². The van der Waals surface area contributed by atoms with E-state index in [0.717, 1.165) is 7.11 Å². The maximum absolute atomic E-state index is 11.3. The Labute approximate surface area is 89.7 Å². The van der Waals surface area contributed by atoms with Crippen LogP contribution in [0.5, 0.6) is 0 Å². The number of esters is 1. The minimum absolute atomic E-state index is 0.0160. The van der Waals surface area contributed by atoms with Crippen molar-refractivity contribution in [1.82, 2.24) is 4.72 Å². The van der Waals surface area contributed by atoms with Gasteiger partial charge in [-0.1, -0.05) is 13.8 Å². The molecule has 0 aromatic carbocycles. The molecule has 0 saturated carbocycles. The van der Waals surface area contributed by atoms with Crippen LogP contribution in [0, 0.1) is 5.92 Å². The van der Waals surface area contributed by atoms with E-state index in [1.807, 2.05) is 0 Å². The van der Waals surface area contributed by atoms with E-state index in [2.05, 4.69) is 9.46 Å². The zero-order valence-electron chi connectivity index (χ0n) is 9.06. The molecule has 1 atom stereocenters. The van der Waals surface area contributed by atoms with Gasteiger partial charge in [-0.25, -0.2) is 17.9 Å². The summed E-state index contributed by atoms with van der Waals surface area (Å²) in [4.78, 5) is 10.7. The molecule has 2 N–H and O–H groups in total. The second-order valence-corrected chi connectivity index (χ2v) is 5.41. The minimum atomic E-state index is -3.44. The fourth-order valence-electron chi connectivity index (χ4n) is 0.923. The molecule has 1 unspecified atom stereocenters. The summed E-state index contributed by atoms with van der Waals surface area (Å²) in [5.74, 6) is -0.916. The van der Waals surface area contributed by atoms with E-state index < -0.39 is 22.1 Å². The number of aliphatic hydroxyl groups excluding tert-OH is 1. The van der Waals surface area contributed by atoms with Crippen molar-refractivity contribution in [3.63, 3.8) is 0 Å². The molecule has 0 aliphatic rings. The number of aliphatic hydroxyl groups is 1. The summed E-state index contributed by atoms with van der Waals surface area (Å²) in [7, 11) is -2.32. The molecule has 0 bridgehead atoms. The Bertz CT molecular complexity index is 298. The number of hydrogen-bond acceptors (Lipinski definition) is 5. The monoisotopic (exact) mass is 239 g/mol. The van der Waals surface area contributed by atoms with E-state index in [1.54, 1.807) is 13.8 Å². The Balaban J connectivity index is 4.10. The van der Waals surface area contributed by atoms with E-state index in [4.69, 9.17) is 5.11 Å². The van der Waals surface area contributed by atoms with Crippen LogP contribution >= 0.6 is 0 Å². The lowest BCUT2D eigenvalue weighted by atomic mass is 10.3. The number of methoxy groups -OCH3 is 1. The number of rotatable bonds is 6. The quantitative estimate of drug-likeness (QED) is 0.586. The molecule has 90 valence electrons. The molecule has 0 aliphatic heterocycles. The summed E-state index contributed by atoms with van der Waals surface area (Å²) < 4.78 is 28.9. The second-order valence-electron chi connectivity index (χ2n) is 3.56. The summed E-state index contributed by atoms with van der Waals surface area (Å²) in [6.45, 7) is 3.16. The first-order valence-corrected chi connectivity index (χ1v) is 6.17. The summed E-state index contributed by atoms with van der Waals surface area (Å²) in [6, 6.07) is 0. The summed E-state index contributed by atoms with van der Waals surface area (Å²) >= 11 is 0. The van der Waals surface area contributed by atoms with Crippen molar-refractivity contribution in [3.8, 4) is 0 Å². The van der Waals surface area contributed by atoms with Crippen LogP contribution in [0.15, 0.2) is 0 Å². The SMILES string of the molecule is COC(=O)C(O)CNS(=O)(=O)CC(C)C. The Kier molecular flexibility index (Phi) is 5.77. The molecule has 0 aromatic heterocycles. The van der Waals surface area contributed by atoms with Gasteiger partial charge >= 0.3 is 5.97 Å². The minimum Gasteiger partial charge on any atom is -0.467 e. The highest BCUT2D eigenvalue weighted by Crippen LogP contribution is 1.97. The van der Waals surface area contributed by atoms with Gasteiger partial charge in [-0.3, -0.25) is 0 Å². The molecule has 0 fully saturated rings. The maximum atomic E-state index is 11.3. The molecule has 0 aliphatic carbocycles. The third-order valence-corrected chi connectivity index (χ3v) is 3.23. The number of carbonyl (C=O) groups is 1. The van der Waals surface area contributed by atoms with Gasteiger partial charge in [0.2, 0.25) is 10.0 Å². The zero-order valence-corrected chi connectivity index (χ0v) is 9.87. The topological polar surface area (TPSA) is 92.7 Å². The third kappa shape index (κ3) is 6.43. The van der Waals surface area contributed by atoms with Crippen LogP contribution in [-0.4, -0.2) is 45.0 Å². The van der Waals surface area contributed by atoms with Gasteiger partial charge in [-0.15, -0.1) is 0 Å². The fourth-order valence-corrected chi connectivity index (χ4v) is 2.33. The molecule has 7 heteroatoms. The summed E-state index contributed by atoms with van der Waals surface area (Å²) in [6.07, 6.45) is -1.46. The van der Waals surface area contributed by atoms with Crippen molar-refractivity contribution in [2.24, 2.45) is 5.92 Å². The molecular formula is C8H17NO5S. The van der Waals surface area contributed by atoms with Crippen LogP contribution in [0.1, 0.15) is 13.8 Å². The Morgan fingerprint density at radius 1 is 1.47 bits per heavy atom. The van der Waals surface area contributed by atoms with Gasteiger partial charge in [-0.05, 0) is 5.92 Å². The van der Waals surface area contributed by atoms with E-state index in [-0.39, 0.29) is 18.2 Å². The summed E-state index contributed by atoms with van der Waals surface area (Å²) in [5, 5.41) is 9.11. The fraction of sp³-hybridized carbons (Fsp3) is 0.875. The Morgan fingerprint density at radius 3 is 2.40 bits per heavy atom. The molecule has 0 spiro atoms. The van der Waals surface area contributed by atoms with Gasteiger partial charge < -0.3 is 9.84 Å². The van der Waals surface area contributed by atoms with Crippen LogP contribution in [0.25, 0.3) is 0 Å². The molecule has 0 saturated heterocycles. The highest BCUT2D eigenvalue weighted by atomic mass is 32.2. The lowest BCUT2D eigenvalue weighted by Crippen LogP contribution is -2.38. The van der Waals surface area contributed by atoms with Crippen molar-refractivity contribution in [2.75, 3.05) is 19.4 Å². The van der Waals surface area contributed by atoms with Crippen LogP contribution in [0.3, 0.4) is 0 Å². The van der Waals surface area contributed by atoms with Crippen molar-refractivity contribution >= 4 is 16.0 Å². The largest absolute Gasteiger partial charge is 0.467 e. The standard InChI is InChI=1S/C8H17NO5S/c1-6(2)5-15(12,13)9-4-7(10)8(11)14-3/h6-7,9-10H,4-5H2,1-3H3. The van der Waals surface area contributed by atoms with Crippen molar-refractivity contribution in [3.05, 3.63) is 0 Å².